The Labute approximate surface area is 219 Å². The number of anilines is 3. The number of primary amides is 1. The first-order valence-electron chi connectivity index (χ1n) is 12.1. The van der Waals surface area contributed by atoms with Gasteiger partial charge in [-0.15, -0.1) is 0 Å². The highest BCUT2D eigenvalue weighted by Crippen LogP contribution is 2.36. The number of rotatable bonds is 9. The van der Waals surface area contributed by atoms with Gasteiger partial charge in [0.1, 0.15) is 5.70 Å². The maximum absolute atomic E-state index is 13.0. The molecule has 0 aromatic heterocycles. The molecule has 194 valence electrons. The summed E-state index contributed by atoms with van der Waals surface area (Å²) < 4.78 is 6.19. The maximum Gasteiger partial charge on any atom is 0.276 e. The molecule has 0 saturated carbocycles. The second kappa shape index (κ2) is 11.4. The van der Waals surface area contributed by atoms with Crippen molar-refractivity contribution >= 4 is 43.4 Å². The minimum Gasteiger partial charge on any atom is -0.415 e. The minimum atomic E-state index is -1.78. The summed E-state index contributed by atoms with van der Waals surface area (Å²) >= 11 is 0. The quantitative estimate of drug-likeness (QED) is 0.336. The summed E-state index contributed by atoms with van der Waals surface area (Å²) in [6.07, 6.45) is 1.54. The van der Waals surface area contributed by atoms with Gasteiger partial charge in [-0.05, 0) is 66.7 Å². The van der Waals surface area contributed by atoms with Crippen molar-refractivity contribution in [1.29, 1.82) is 5.26 Å². The Morgan fingerprint density at radius 2 is 1.73 bits per heavy atom. The predicted octanol–water partition coefficient (Wildman–Crippen LogP) is 4.22. The number of nitrogens with one attached hydrogen (secondary N) is 2. The van der Waals surface area contributed by atoms with Gasteiger partial charge in [-0.3, -0.25) is 14.6 Å². The standard InChI is InChI=1S/C27H34N6O3Si/c1-27(2,3)37(4,5)36-17-15-30-20-8-10-21(11-9-20)32-26(35)23-24(25(29)34)33(16-14-31-23)22-12-6-19(18-28)7-13-22/h6-14,30H,15-17H2,1-5H3,(H2,29,34)(H,32,35). The first kappa shape index (κ1) is 27.6. The van der Waals surface area contributed by atoms with Crippen LogP contribution in [0.15, 0.2) is 64.9 Å². The molecule has 4 N–H and O–H groups in total. The van der Waals surface area contributed by atoms with Gasteiger partial charge in [0.15, 0.2) is 14.0 Å². The first-order chi connectivity index (χ1) is 17.4. The van der Waals surface area contributed by atoms with Crippen molar-refractivity contribution in [1.82, 2.24) is 0 Å². The van der Waals surface area contributed by atoms with E-state index < -0.39 is 20.1 Å². The van der Waals surface area contributed by atoms with Crippen LogP contribution >= 0.6 is 0 Å². The van der Waals surface area contributed by atoms with Gasteiger partial charge in [0.2, 0.25) is 0 Å². The third kappa shape index (κ3) is 6.84. The smallest absolute Gasteiger partial charge is 0.276 e. The van der Waals surface area contributed by atoms with E-state index >= 15 is 0 Å². The number of carbonyl (C=O) groups excluding carboxylic acids is 2. The van der Waals surface area contributed by atoms with E-state index in [0.717, 1.165) is 5.69 Å². The second-order valence-electron chi connectivity index (χ2n) is 10.2. The average molecular weight is 519 g/mol. The lowest BCUT2D eigenvalue weighted by Crippen LogP contribution is -2.41. The highest BCUT2D eigenvalue weighted by atomic mass is 28.4. The van der Waals surface area contributed by atoms with Crippen LogP contribution < -0.4 is 21.3 Å². The summed E-state index contributed by atoms with van der Waals surface area (Å²) in [6.45, 7) is 12.6. The summed E-state index contributed by atoms with van der Waals surface area (Å²) in [4.78, 5) is 31.1. The number of aliphatic imine (C=N–C) groups is 1. The number of hydrogen-bond donors (Lipinski definition) is 3. The Bertz CT molecular complexity index is 1240. The molecule has 1 aliphatic heterocycles. The number of nitrogens with two attached hydrogens (primary N) is 1. The summed E-state index contributed by atoms with van der Waals surface area (Å²) in [5.74, 6) is -1.32. The Morgan fingerprint density at radius 3 is 2.30 bits per heavy atom. The van der Waals surface area contributed by atoms with Crippen LogP contribution in [0.25, 0.3) is 0 Å². The SMILES string of the molecule is CC(C)(C)[Si](C)(C)OCCNc1ccc(NC(=O)C2=C(C(N)=O)N(c3ccc(C#N)cc3)CC=N2)cc1. The van der Waals surface area contributed by atoms with Crippen molar-refractivity contribution in [3.05, 3.63) is 65.5 Å². The lowest BCUT2D eigenvalue weighted by Gasteiger charge is -2.36. The maximum atomic E-state index is 13.0. The minimum absolute atomic E-state index is 0.00951. The largest absolute Gasteiger partial charge is 0.415 e. The van der Waals surface area contributed by atoms with Gasteiger partial charge < -0.3 is 25.7 Å². The van der Waals surface area contributed by atoms with Gasteiger partial charge in [-0.2, -0.15) is 5.26 Å². The zero-order chi connectivity index (χ0) is 27.2. The van der Waals surface area contributed by atoms with Crippen LogP contribution in [0.3, 0.4) is 0 Å². The number of hydrogen-bond acceptors (Lipinski definition) is 7. The topological polar surface area (TPSA) is 133 Å². The van der Waals surface area contributed by atoms with E-state index in [2.05, 4.69) is 55.6 Å². The monoisotopic (exact) mass is 518 g/mol. The molecule has 0 spiro atoms. The molecule has 0 atom stereocenters. The number of nitrogens with zero attached hydrogens (tertiary/aromatic N) is 3. The zero-order valence-corrected chi connectivity index (χ0v) is 23.0. The van der Waals surface area contributed by atoms with Gasteiger partial charge in [-0.25, -0.2) is 0 Å². The van der Waals surface area contributed by atoms with Crippen molar-refractivity contribution < 1.29 is 14.0 Å². The molecule has 0 radical (unpaired) electrons. The van der Waals surface area contributed by atoms with Crippen LogP contribution in [0.1, 0.15) is 26.3 Å². The van der Waals surface area contributed by atoms with Crippen LogP contribution in [-0.2, 0) is 14.0 Å². The van der Waals surface area contributed by atoms with E-state index in [4.69, 9.17) is 15.4 Å². The van der Waals surface area contributed by atoms with Crippen molar-refractivity contribution in [3.8, 4) is 6.07 Å². The van der Waals surface area contributed by atoms with E-state index in [0.29, 0.717) is 30.1 Å². The van der Waals surface area contributed by atoms with Crippen LogP contribution in [0.5, 0.6) is 0 Å². The van der Waals surface area contributed by atoms with Gasteiger partial charge >= 0.3 is 0 Å². The molecule has 10 heteroatoms. The molecule has 0 bridgehead atoms. The van der Waals surface area contributed by atoms with Crippen molar-refractivity contribution in [2.45, 2.75) is 38.9 Å². The van der Waals surface area contributed by atoms with E-state index in [-0.39, 0.29) is 23.0 Å². The molecule has 37 heavy (non-hydrogen) atoms. The summed E-state index contributed by atoms with van der Waals surface area (Å²) in [6, 6.07) is 16.0. The fraction of sp³-hybridized carbons (Fsp3) is 0.333. The lowest BCUT2D eigenvalue weighted by molar-refractivity contribution is -0.116. The molecular weight excluding hydrogens is 484 g/mol. The van der Waals surface area contributed by atoms with Crippen molar-refractivity contribution in [3.63, 3.8) is 0 Å². The van der Waals surface area contributed by atoms with E-state index in [9.17, 15) is 9.59 Å². The molecule has 1 aliphatic rings. The highest BCUT2D eigenvalue weighted by molar-refractivity contribution is 6.74. The third-order valence-corrected chi connectivity index (χ3v) is 11.1. The predicted molar refractivity (Wildman–Crippen MR) is 150 cm³/mol. The molecule has 9 nitrogen and oxygen atoms in total. The number of carbonyl (C=O) groups is 2. The fourth-order valence-corrected chi connectivity index (χ4v) is 4.49. The van der Waals surface area contributed by atoms with E-state index in [1.54, 1.807) is 47.5 Å². The molecule has 0 unspecified atom stereocenters. The van der Waals surface area contributed by atoms with Gasteiger partial charge in [0, 0.05) is 29.8 Å². The van der Waals surface area contributed by atoms with Crippen LogP contribution in [-0.4, -0.2) is 46.0 Å². The van der Waals surface area contributed by atoms with Crippen LogP contribution in [0.4, 0.5) is 17.1 Å². The molecule has 2 amide bonds. The van der Waals surface area contributed by atoms with Crippen molar-refractivity contribution in [2.75, 3.05) is 35.2 Å². The molecule has 0 saturated heterocycles. The number of amides is 2. The second-order valence-corrected chi connectivity index (χ2v) is 15.0. The molecule has 0 aliphatic carbocycles. The van der Waals surface area contributed by atoms with Gasteiger partial charge in [0.05, 0.1) is 24.8 Å². The molecular formula is C27H34N6O3Si. The average Bonchev–Trinajstić information content (AvgIpc) is 2.86. The van der Waals surface area contributed by atoms with Crippen molar-refractivity contribution in [2.24, 2.45) is 10.7 Å². The normalized spacial score (nSPS) is 13.8. The Morgan fingerprint density at radius 1 is 1.11 bits per heavy atom. The fourth-order valence-electron chi connectivity index (χ4n) is 3.44. The van der Waals surface area contributed by atoms with E-state index in [1.807, 2.05) is 12.1 Å². The van der Waals surface area contributed by atoms with Gasteiger partial charge in [0.25, 0.3) is 11.8 Å². The molecule has 2 aromatic rings. The Kier molecular flexibility index (Phi) is 8.52. The summed E-state index contributed by atoms with van der Waals surface area (Å²) in [7, 11) is -1.78. The Hall–Kier alpha value is -3.94. The number of nitriles is 1. The molecule has 1 heterocycles. The van der Waals surface area contributed by atoms with Gasteiger partial charge in [-0.1, -0.05) is 20.8 Å². The van der Waals surface area contributed by atoms with Crippen LogP contribution in [0, 0.1) is 11.3 Å². The number of benzene rings is 2. The Balaban J connectivity index is 1.66. The third-order valence-electron chi connectivity index (χ3n) is 6.58. The molecule has 3 rings (SSSR count). The van der Waals surface area contributed by atoms with E-state index in [1.165, 1.54) is 0 Å². The molecule has 2 aromatic carbocycles. The highest BCUT2D eigenvalue weighted by Gasteiger charge is 2.36. The first-order valence-corrected chi connectivity index (χ1v) is 15.0. The summed E-state index contributed by atoms with van der Waals surface area (Å²) in [5, 5.41) is 15.3. The zero-order valence-electron chi connectivity index (χ0n) is 22.0. The van der Waals surface area contributed by atoms with Crippen LogP contribution in [0.2, 0.25) is 18.1 Å². The molecule has 0 fully saturated rings. The summed E-state index contributed by atoms with van der Waals surface area (Å²) in [5.41, 5.74) is 8.11. The lowest BCUT2D eigenvalue weighted by atomic mass is 10.1.